The van der Waals surface area contributed by atoms with Gasteiger partial charge in [-0.15, -0.1) is 0 Å². The molecule has 0 aromatic heterocycles. The summed E-state index contributed by atoms with van der Waals surface area (Å²) in [5, 5.41) is 0. The third-order valence-electron chi connectivity index (χ3n) is 3.80. The number of hydrogen-bond acceptors (Lipinski definition) is 2. The molecule has 0 bridgehead atoms. The summed E-state index contributed by atoms with van der Waals surface area (Å²) in [5.41, 5.74) is 5.83. The van der Waals surface area contributed by atoms with E-state index in [9.17, 15) is 0 Å². The number of nitrogens with two attached hydrogens (primary N) is 1. The Balaban J connectivity index is 2.73. The fourth-order valence-electron chi connectivity index (χ4n) is 2.73. The van der Waals surface area contributed by atoms with Crippen molar-refractivity contribution < 1.29 is 0 Å². The van der Waals surface area contributed by atoms with Gasteiger partial charge in [0, 0.05) is 6.04 Å². The first kappa shape index (κ1) is 15.2. The summed E-state index contributed by atoms with van der Waals surface area (Å²) < 4.78 is 0. The monoisotopic (exact) mass is 248 g/mol. The number of benzene rings is 1. The van der Waals surface area contributed by atoms with Crippen LogP contribution in [0.4, 0.5) is 0 Å². The third kappa shape index (κ3) is 4.43. The van der Waals surface area contributed by atoms with Crippen LogP contribution < -0.4 is 11.3 Å². The van der Waals surface area contributed by atoms with E-state index in [1.165, 1.54) is 36.8 Å². The van der Waals surface area contributed by atoms with Crippen molar-refractivity contribution in [3.8, 4) is 0 Å². The molecule has 1 rings (SSSR count). The molecule has 1 unspecified atom stereocenters. The third-order valence-corrected chi connectivity index (χ3v) is 3.80. The van der Waals surface area contributed by atoms with E-state index < -0.39 is 0 Å². The van der Waals surface area contributed by atoms with Crippen molar-refractivity contribution in [1.82, 2.24) is 5.43 Å². The minimum atomic E-state index is 0.394. The van der Waals surface area contributed by atoms with Crippen LogP contribution in [0.3, 0.4) is 0 Å². The van der Waals surface area contributed by atoms with Crippen LogP contribution in [-0.2, 0) is 6.42 Å². The molecule has 102 valence electrons. The molecule has 18 heavy (non-hydrogen) atoms. The normalized spacial score (nSPS) is 12.9. The van der Waals surface area contributed by atoms with Gasteiger partial charge in [0.2, 0.25) is 0 Å². The van der Waals surface area contributed by atoms with Crippen molar-refractivity contribution >= 4 is 0 Å². The molecule has 0 heterocycles. The molecular formula is C16H28N2. The molecule has 3 N–H and O–H groups in total. The standard InChI is InChI=1S/C16H28N2/c1-4-8-14(9-5-2)16(18-17)12-15-11-7-6-10-13(15)3/h6-7,10-11,14,16,18H,4-5,8-9,12,17H2,1-3H3. The second-order valence-electron chi connectivity index (χ2n) is 5.24. The number of hydrogen-bond donors (Lipinski definition) is 2. The van der Waals surface area contributed by atoms with Gasteiger partial charge in [-0.05, 0) is 43.2 Å². The average Bonchev–Trinajstić information content (AvgIpc) is 2.38. The second-order valence-corrected chi connectivity index (χ2v) is 5.24. The first-order chi connectivity index (χ1) is 8.72. The maximum absolute atomic E-state index is 5.78. The lowest BCUT2D eigenvalue weighted by Crippen LogP contribution is -2.42. The lowest BCUT2D eigenvalue weighted by molar-refractivity contribution is 0.311. The van der Waals surface area contributed by atoms with Gasteiger partial charge in [0.1, 0.15) is 0 Å². The molecule has 0 saturated carbocycles. The molecule has 0 aliphatic carbocycles. The molecule has 0 saturated heterocycles. The molecule has 2 nitrogen and oxygen atoms in total. The van der Waals surface area contributed by atoms with Crippen LogP contribution in [0.5, 0.6) is 0 Å². The van der Waals surface area contributed by atoms with Crippen LogP contribution in [-0.4, -0.2) is 6.04 Å². The summed E-state index contributed by atoms with van der Waals surface area (Å²) in [6.45, 7) is 6.69. The highest BCUT2D eigenvalue weighted by Gasteiger charge is 2.19. The average molecular weight is 248 g/mol. The van der Waals surface area contributed by atoms with Crippen LogP contribution in [0.2, 0.25) is 0 Å². The van der Waals surface area contributed by atoms with Crippen molar-refractivity contribution in [3.63, 3.8) is 0 Å². The Bertz CT molecular complexity index is 330. The van der Waals surface area contributed by atoms with Crippen LogP contribution in [0.15, 0.2) is 24.3 Å². The van der Waals surface area contributed by atoms with Crippen molar-refractivity contribution in [2.45, 2.75) is 58.9 Å². The van der Waals surface area contributed by atoms with Gasteiger partial charge in [-0.1, -0.05) is 51.0 Å². The Labute approximate surface area is 112 Å². The van der Waals surface area contributed by atoms with E-state index in [0.717, 1.165) is 6.42 Å². The minimum Gasteiger partial charge on any atom is -0.271 e. The van der Waals surface area contributed by atoms with Gasteiger partial charge in [-0.25, -0.2) is 0 Å². The van der Waals surface area contributed by atoms with Gasteiger partial charge in [-0.2, -0.15) is 0 Å². The number of aryl methyl sites for hydroxylation is 1. The Morgan fingerprint density at radius 3 is 2.22 bits per heavy atom. The van der Waals surface area contributed by atoms with E-state index >= 15 is 0 Å². The van der Waals surface area contributed by atoms with E-state index in [0.29, 0.717) is 12.0 Å². The molecule has 0 aliphatic heterocycles. The predicted molar refractivity (Wildman–Crippen MR) is 79.3 cm³/mol. The lowest BCUT2D eigenvalue weighted by atomic mass is 9.86. The predicted octanol–water partition coefficient (Wildman–Crippen LogP) is 3.59. The highest BCUT2D eigenvalue weighted by atomic mass is 15.2. The summed E-state index contributed by atoms with van der Waals surface area (Å²) >= 11 is 0. The maximum atomic E-state index is 5.78. The highest BCUT2D eigenvalue weighted by Crippen LogP contribution is 2.21. The minimum absolute atomic E-state index is 0.394. The largest absolute Gasteiger partial charge is 0.271 e. The van der Waals surface area contributed by atoms with Gasteiger partial charge < -0.3 is 0 Å². The Hall–Kier alpha value is -0.860. The molecule has 1 aromatic rings. The fourth-order valence-corrected chi connectivity index (χ4v) is 2.73. The fraction of sp³-hybridized carbons (Fsp3) is 0.625. The summed E-state index contributed by atoms with van der Waals surface area (Å²) in [6.07, 6.45) is 6.02. The quantitative estimate of drug-likeness (QED) is 0.545. The van der Waals surface area contributed by atoms with Crippen molar-refractivity contribution in [2.75, 3.05) is 0 Å². The van der Waals surface area contributed by atoms with E-state index in [-0.39, 0.29) is 0 Å². The van der Waals surface area contributed by atoms with Crippen molar-refractivity contribution in [3.05, 3.63) is 35.4 Å². The Kier molecular flexibility index (Phi) is 6.99. The summed E-state index contributed by atoms with van der Waals surface area (Å²) in [4.78, 5) is 0. The highest BCUT2D eigenvalue weighted by molar-refractivity contribution is 5.26. The molecule has 0 amide bonds. The molecule has 0 spiro atoms. The van der Waals surface area contributed by atoms with E-state index in [2.05, 4.69) is 50.5 Å². The van der Waals surface area contributed by atoms with Gasteiger partial charge >= 0.3 is 0 Å². The van der Waals surface area contributed by atoms with Gasteiger partial charge in [0.15, 0.2) is 0 Å². The molecule has 2 heteroatoms. The zero-order valence-corrected chi connectivity index (χ0v) is 12.1. The summed E-state index contributed by atoms with van der Waals surface area (Å²) in [7, 11) is 0. The van der Waals surface area contributed by atoms with Gasteiger partial charge in [0.05, 0.1) is 0 Å². The van der Waals surface area contributed by atoms with Crippen LogP contribution in [0.25, 0.3) is 0 Å². The maximum Gasteiger partial charge on any atom is 0.0279 e. The van der Waals surface area contributed by atoms with Crippen LogP contribution in [0, 0.1) is 12.8 Å². The van der Waals surface area contributed by atoms with E-state index in [4.69, 9.17) is 5.84 Å². The van der Waals surface area contributed by atoms with Crippen molar-refractivity contribution in [2.24, 2.45) is 11.8 Å². The Morgan fingerprint density at radius 1 is 1.11 bits per heavy atom. The molecule has 1 aromatic carbocycles. The molecular weight excluding hydrogens is 220 g/mol. The van der Waals surface area contributed by atoms with E-state index in [1.54, 1.807) is 0 Å². The topological polar surface area (TPSA) is 38.0 Å². The molecule has 0 fully saturated rings. The lowest BCUT2D eigenvalue weighted by Gasteiger charge is -2.26. The number of nitrogens with one attached hydrogen (secondary N) is 1. The SMILES string of the molecule is CCCC(CCC)C(Cc1ccccc1C)NN. The van der Waals surface area contributed by atoms with E-state index in [1.807, 2.05) is 0 Å². The molecule has 1 atom stereocenters. The molecule has 0 aliphatic rings. The summed E-state index contributed by atoms with van der Waals surface area (Å²) in [6, 6.07) is 9.00. The van der Waals surface area contributed by atoms with Crippen LogP contribution in [0.1, 0.15) is 50.7 Å². The second kappa shape index (κ2) is 8.28. The zero-order chi connectivity index (χ0) is 13.4. The van der Waals surface area contributed by atoms with Crippen molar-refractivity contribution in [1.29, 1.82) is 0 Å². The van der Waals surface area contributed by atoms with Gasteiger partial charge in [-0.3, -0.25) is 11.3 Å². The smallest absolute Gasteiger partial charge is 0.0279 e. The first-order valence-electron chi connectivity index (χ1n) is 7.23. The summed E-state index contributed by atoms with van der Waals surface area (Å²) in [5.74, 6) is 6.47. The Morgan fingerprint density at radius 2 is 1.72 bits per heavy atom. The number of rotatable bonds is 8. The molecule has 0 radical (unpaired) electrons. The van der Waals surface area contributed by atoms with Gasteiger partial charge in [0.25, 0.3) is 0 Å². The number of hydrazine groups is 1. The van der Waals surface area contributed by atoms with Crippen LogP contribution >= 0.6 is 0 Å². The first-order valence-corrected chi connectivity index (χ1v) is 7.23. The zero-order valence-electron chi connectivity index (χ0n) is 12.1.